The Balaban J connectivity index is 1.26. The number of allylic oxidation sites excluding steroid dienone is 1. The van der Waals surface area contributed by atoms with Gasteiger partial charge in [0.05, 0.1) is 18.6 Å². The van der Waals surface area contributed by atoms with E-state index in [9.17, 15) is 9.59 Å². The molecule has 168 valence electrons. The van der Waals surface area contributed by atoms with Gasteiger partial charge in [0, 0.05) is 29.6 Å². The van der Waals surface area contributed by atoms with Gasteiger partial charge in [-0.25, -0.2) is 4.98 Å². The monoisotopic (exact) mass is 442 g/mol. The molecule has 1 N–H and O–H groups in total. The molecule has 2 aliphatic heterocycles. The normalized spacial score (nSPS) is 17.8. The van der Waals surface area contributed by atoms with Crippen LogP contribution in [0, 0.1) is 6.92 Å². The molecule has 1 atom stereocenters. The van der Waals surface area contributed by atoms with Gasteiger partial charge in [-0.05, 0) is 43.0 Å². The highest BCUT2D eigenvalue weighted by Crippen LogP contribution is 2.34. The number of nitrogens with one attached hydrogen (secondary N) is 1. The van der Waals surface area contributed by atoms with Crippen molar-refractivity contribution in [3.05, 3.63) is 95.2 Å². The van der Waals surface area contributed by atoms with Crippen LogP contribution in [-0.4, -0.2) is 32.3 Å². The van der Waals surface area contributed by atoms with Crippen molar-refractivity contribution < 1.29 is 14.3 Å². The Morgan fingerprint density at radius 1 is 1.15 bits per heavy atom. The molecular formula is C26H26N4O3. The summed E-state index contributed by atoms with van der Waals surface area (Å²) in [4.78, 5) is 31.3. The van der Waals surface area contributed by atoms with E-state index in [1.807, 2.05) is 31.6 Å². The third kappa shape index (κ3) is 4.26. The van der Waals surface area contributed by atoms with Crippen molar-refractivity contribution in [1.29, 1.82) is 0 Å². The summed E-state index contributed by atoms with van der Waals surface area (Å²) in [6.07, 6.45) is 5.12. The van der Waals surface area contributed by atoms with Gasteiger partial charge in [-0.1, -0.05) is 36.9 Å². The van der Waals surface area contributed by atoms with Crippen molar-refractivity contribution in [3.8, 4) is 5.75 Å². The summed E-state index contributed by atoms with van der Waals surface area (Å²) in [7, 11) is 0. The van der Waals surface area contributed by atoms with Crippen LogP contribution in [-0.2, 0) is 24.5 Å². The Kier molecular flexibility index (Phi) is 5.46. The standard InChI is InChI=1S/C26H26N4O3/c1-17-6-11-23(25(31)28-17)30-14-22-21(26(30)32)4-3-5-24(22)33-15-20-9-7-19(8-10-20)13-29-12-18(2)27-16-29/h3-5,7-10,12,16,23H,1,6,11,13-15H2,2H3,(H,28,31). The first kappa shape index (κ1) is 21.0. The van der Waals surface area contributed by atoms with Gasteiger partial charge in [-0.2, -0.15) is 0 Å². The number of amides is 2. The molecule has 2 amide bonds. The van der Waals surface area contributed by atoms with Crippen LogP contribution in [0.3, 0.4) is 0 Å². The molecule has 0 radical (unpaired) electrons. The van der Waals surface area contributed by atoms with E-state index in [1.165, 1.54) is 5.56 Å². The summed E-state index contributed by atoms with van der Waals surface area (Å²) in [6, 6.07) is 13.3. The summed E-state index contributed by atoms with van der Waals surface area (Å²) >= 11 is 0. The summed E-state index contributed by atoms with van der Waals surface area (Å²) < 4.78 is 8.17. The molecule has 0 bridgehead atoms. The van der Waals surface area contributed by atoms with E-state index in [1.54, 1.807) is 11.0 Å². The number of piperidine rings is 1. The molecular weight excluding hydrogens is 416 g/mol. The lowest BCUT2D eigenvalue weighted by Crippen LogP contribution is -2.49. The van der Waals surface area contributed by atoms with E-state index in [-0.39, 0.29) is 11.8 Å². The van der Waals surface area contributed by atoms with Crippen LogP contribution in [0.25, 0.3) is 0 Å². The van der Waals surface area contributed by atoms with Gasteiger partial charge in [-0.15, -0.1) is 0 Å². The molecule has 3 heterocycles. The topological polar surface area (TPSA) is 76.5 Å². The molecule has 0 aliphatic carbocycles. The van der Waals surface area contributed by atoms with Gasteiger partial charge in [0.25, 0.3) is 5.91 Å². The Bertz CT molecular complexity index is 1230. The molecule has 1 fully saturated rings. The number of rotatable bonds is 6. The van der Waals surface area contributed by atoms with E-state index >= 15 is 0 Å². The summed E-state index contributed by atoms with van der Waals surface area (Å²) in [5.41, 5.74) is 5.39. The lowest BCUT2D eigenvalue weighted by molar-refractivity contribution is -0.126. The number of aromatic nitrogens is 2. The third-order valence-electron chi connectivity index (χ3n) is 6.20. The third-order valence-corrected chi connectivity index (χ3v) is 6.20. The van der Waals surface area contributed by atoms with Gasteiger partial charge >= 0.3 is 0 Å². The number of imidazole rings is 1. The number of hydrogen-bond acceptors (Lipinski definition) is 4. The molecule has 33 heavy (non-hydrogen) atoms. The maximum Gasteiger partial charge on any atom is 0.255 e. The Morgan fingerprint density at radius 2 is 1.94 bits per heavy atom. The van der Waals surface area contributed by atoms with E-state index in [2.05, 4.69) is 45.7 Å². The van der Waals surface area contributed by atoms with E-state index < -0.39 is 6.04 Å². The van der Waals surface area contributed by atoms with Crippen molar-refractivity contribution in [2.45, 2.75) is 45.5 Å². The second kappa shape index (κ2) is 8.58. The summed E-state index contributed by atoms with van der Waals surface area (Å²) in [5, 5.41) is 2.77. The van der Waals surface area contributed by atoms with Crippen LogP contribution >= 0.6 is 0 Å². The Morgan fingerprint density at radius 3 is 2.67 bits per heavy atom. The van der Waals surface area contributed by atoms with Crippen LogP contribution in [0.4, 0.5) is 0 Å². The van der Waals surface area contributed by atoms with Crippen molar-refractivity contribution in [2.24, 2.45) is 0 Å². The molecule has 2 aliphatic rings. The zero-order valence-electron chi connectivity index (χ0n) is 18.6. The maximum absolute atomic E-state index is 13.0. The highest BCUT2D eigenvalue weighted by molar-refractivity contribution is 6.02. The fraction of sp³-hybridized carbons (Fsp3) is 0.269. The number of nitrogens with zero attached hydrogens (tertiary/aromatic N) is 3. The van der Waals surface area contributed by atoms with E-state index in [4.69, 9.17) is 4.74 Å². The Labute approximate surface area is 192 Å². The van der Waals surface area contributed by atoms with Crippen molar-refractivity contribution >= 4 is 11.8 Å². The number of benzene rings is 2. The Hall–Kier alpha value is -3.87. The molecule has 0 spiro atoms. The molecule has 1 aromatic heterocycles. The highest BCUT2D eigenvalue weighted by Gasteiger charge is 2.39. The maximum atomic E-state index is 13.0. The number of fused-ring (bicyclic) bond motifs is 1. The highest BCUT2D eigenvalue weighted by atomic mass is 16.5. The number of carbonyl (C=O) groups is 2. The van der Waals surface area contributed by atoms with Crippen molar-refractivity contribution in [1.82, 2.24) is 19.8 Å². The quantitative estimate of drug-likeness (QED) is 0.633. The fourth-order valence-electron chi connectivity index (χ4n) is 4.44. The van der Waals surface area contributed by atoms with Gasteiger partial charge < -0.3 is 19.5 Å². The number of ether oxygens (including phenoxy) is 1. The molecule has 1 unspecified atom stereocenters. The number of hydrogen-bond donors (Lipinski definition) is 1. The first-order valence-corrected chi connectivity index (χ1v) is 11.1. The molecule has 5 rings (SSSR count). The van der Waals surface area contributed by atoms with Crippen LogP contribution in [0.2, 0.25) is 0 Å². The van der Waals surface area contributed by atoms with Crippen molar-refractivity contribution in [2.75, 3.05) is 0 Å². The average Bonchev–Trinajstić information content (AvgIpc) is 3.36. The van der Waals surface area contributed by atoms with Gasteiger partial charge in [0.2, 0.25) is 5.91 Å². The summed E-state index contributed by atoms with van der Waals surface area (Å²) in [5.74, 6) is 0.393. The van der Waals surface area contributed by atoms with Gasteiger partial charge in [0.1, 0.15) is 18.4 Å². The van der Waals surface area contributed by atoms with E-state index in [0.29, 0.717) is 43.0 Å². The van der Waals surface area contributed by atoms with E-state index in [0.717, 1.165) is 23.4 Å². The first-order valence-electron chi connectivity index (χ1n) is 11.1. The average molecular weight is 443 g/mol. The van der Waals surface area contributed by atoms with Gasteiger partial charge in [-0.3, -0.25) is 9.59 Å². The van der Waals surface area contributed by atoms with Crippen LogP contribution < -0.4 is 10.1 Å². The molecule has 3 aromatic rings. The zero-order valence-corrected chi connectivity index (χ0v) is 18.6. The molecule has 2 aromatic carbocycles. The first-order chi connectivity index (χ1) is 16.0. The van der Waals surface area contributed by atoms with Crippen LogP contribution in [0.15, 0.2) is 67.3 Å². The lowest BCUT2D eigenvalue weighted by Gasteiger charge is -2.31. The molecule has 0 saturated carbocycles. The van der Waals surface area contributed by atoms with Crippen molar-refractivity contribution in [3.63, 3.8) is 0 Å². The minimum atomic E-state index is -0.477. The van der Waals surface area contributed by atoms with Gasteiger partial charge in [0.15, 0.2) is 0 Å². The second-order valence-corrected chi connectivity index (χ2v) is 8.66. The molecule has 7 nitrogen and oxygen atoms in total. The fourth-order valence-corrected chi connectivity index (χ4v) is 4.44. The SMILES string of the molecule is C=C1CCC(N2Cc3c(OCc4ccc(Cn5cnc(C)c5)cc4)cccc3C2=O)C(=O)N1. The van der Waals surface area contributed by atoms with Crippen LogP contribution in [0.1, 0.15) is 45.6 Å². The second-order valence-electron chi connectivity index (χ2n) is 8.66. The molecule has 1 saturated heterocycles. The van der Waals surface area contributed by atoms with Crippen LogP contribution in [0.5, 0.6) is 5.75 Å². The minimum absolute atomic E-state index is 0.123. The number of carbonyl (C=O) groups excluding carboxylic acids is 2. The zero-order chi connectivity index (χ0) is 22.9. The summed E-state index contributed by atoms with van der Waals surface area (Å²) in [6.45, 7) is 7.34. The smallest absolute Gasteiger partial charge is 0.255 e. The lowest BCUT2D eigenvalue weighted by atomic mass is 10.0. The predicted octanol–water partition coefficient (Wildman–Crippen LogP) is 3.57. The predicted molar refractivity (Wildman–Crippen MR) is 123 cm³/mol. The largest absolute Gasteiger partial charge is 0.489 e. The minimum Gasteiger partial charge on any atom is -0.489 e. The number of aryl methyl sites for hydroxylation is 1. The molecule has 7 heteroatoms.